The van der Waals surface area contributed by atoms with Crippen LogP contribution in [0.2, 0.25) is 0 Å². The van der Waals surface area contributed by atoms with Crippen LogP contribution >= 0.6 is 0 Å². The number of aromatic nitrogens is 1. The molecule has 0 saturated heterocycles. The third-order valence-electron chi connectivity index (χ3n) is 7.13. The summed E-state index contributed by atoms with van der Waals surface area (Å²) in [5.41, 5.74) is 3.47. The molecule has 1 aliphatic heterocycles. The van der Waals surface area contributed by atoms with E-state index in [1.165, 1.54) is 33.1 Å². The van der Waals surface area contributed by atoms with Crippen LogP contribution in [0.25, 0.3) is 11.3 Å². The molecule has 0 spiro atoms. The van der Waals surface area contributed by atoms with Gasteiger partial charge in [-0.25, -0.2) is 9.37 Å². The van der Waals surface area contributed by atoms with Crippen LogP contribution in [-0.4, -0.2) is 41.0 Å². The van der Waals surface area contributed by atoms with Crippen molar-refractivity contribution in [3.8, 4) is 22.8 Å². The maximum Gasteiger partial charge on any atom is 0.419 e. The highest BCUT2D eigenvalue weighted by molar-refractivity contribution is 5.96. The van der Waals surface area contributed by atoms with Crippen molar-refractivity contribution in [2.75, 3.05) is 13.7 Å². The van der Waals surface area contributed by atoms with E-state index < -0.39 is 35.0 Å². The van der Waals surface area contributed by atoms with Gasteiger partial charge in [0.2, 0.25) is 0 Å². The van der Waals surface area contributed by atoms with E-state index in [0.29, 0.717) is 34.6 Å². The summed E-state index contributed by atoms with van der Waals surface area (Å²) in [7, 11) is 1.44. The number of hydrogen-bond donors (Lipinski definition) is 3. The standard InChI is InChI=1S/C30H32F4N2O6/c1-16(37)41-14-19-6-5-17(12-24(19)40-4)23(38)9-10-29(3,39)25-13-21-27(42-15-28(21,2)35)26(36-25)18-7-8-22(31)20(11-18)30(32,33)34/h5-8,11-13,16,37,39H,9-10,14-15,35H2,1-4H3/t16-,28?,29?/m0/s1. The van der Waals surface area contributed by atoms with Crippen LogP contribution in [0, 0.1) is 5.82 Å². The number of aliphatic hydroxyl groups excluding tert-OH is 1. The molecule has 2 unspecified atom stereocenters. The van der Waals surface area contributed by atoms with Gasteiger partial charge in [0.1, 0.15) is 29.5 Å². The predicted octanol–water partition coefficient (Wildman–Crippen LogP) is 5.21. The summed E-state index contributed by atoms with van der Waals surface area (Å²) >= 11 is 0. The third-order valence-corrected chi connectivity index (χ3v) is 7.13. The van der Waals surface area contributed by atoms with E-state index in [1.807, 2.05) is 0 Å². The molecule has 4 rings (SSSR count). The first kappa shape index (κ1) is 31.4. The lowest BCUT2D eigenvalue weighted by atomic mass is 9.87. The lowest BCUT2D eigenvalue weighted by molar-refractivity contribution is -0.139. The van der Waals surface area contributed by atoms with Gasteiger partial charge in [-0.05, 0) is 57.5 Å². The van der Waals surface area contributed by atoms with Crippen LogP contribution in [0.1, 0.15) is 66.4 Å². The molecule has 0 radical (unpaired) electrons. The normalized spacial score (nSPS) is 18.6. The van der Waals surface area contributed by atoms with Crippen LogP contribution in [0.3, 0.4) is 0 Å². The average Bonchev–Trinajstić information content (AvgIpc) is 3.23. The Balaban J connectivity index is 1.64. The molecule has 0 aliphatic carbocycles. The van der Waals surface area contributed by atoms with Crippen LogP contribution < -0.4 is 15.2 Å². The van der Waals surface area contributed by atoms with E-state index in [1.54, 1.807) is 19.1 Å². The number of ketones is 1. The molecule has 42 heavy (non-hydrogen) atoms. The Bertz CT molecular complexity index is 1490. The molecule has 2 aromatic carbocycles. The monoisotopic (exact) mass is 592 g/mol. The van der Waals surface area contributed by atoms with Gasteiger partial charge in [0.25, 0.3) is 0 Å². The second kappa shape index (κ2) is 11.6. The van der Waals surface area contributed by atoms with Crippen molar-refractivity contribution in [2.45, 2.75) is 63.8 Å². The van der Waals surface area contributed by atoms with Gasteiger partial charge in [-0.15, -0.1) is 0 Å². The summed E-state index contributed by atoms with van der Waals surface area (Å²) in [5.74, 6) is -1.22. The lowest BCUT2D eigenvalue weighted by Crippen LogP contribution is -2.35. The number of carbonyl (C=O) groups excluding carboxylic acids is 1. The lowest BCUT2D eigenvalue weighted by Gasteiger charge is -2.25. The number of rotatable bonds is 10. The number of benzene rings is 2. The minimum absolute atomic E-state index is 0.00844. The van der Waals surface area contributed by atoms with Crippen molar-refractivity contribution in [2.24, 2.45) is 5.73 Å². The Kier molecular flexibility index (Phi) is 8.66. The number of fused-ring (bicyclic) bond motifs is 1. The number of Topliss-reactive ketones (excluding diaryl/α,β-unsaturated/α-hetero) is 1. The van der Waals surface area contributed by atoms with Crippen LogP contribution in [0.5, 0.6) is 11.5 Å². The Labute approximate surface area is 240 Å². The number of nitrogens with two attached hydrogens (primary N) is 1. The number of ether oxygens (including phenoxy) is 3. The molecule has 0 fully saturated rings. The van der Waals surface area contributed by atoms with E-state index in [4.69, 9.17) is 19.9 Å². The van der Waals surface area contributed by atoms with Gasteiger partial charge in [-0.3, -0.25) is 4.79 Å². The second-order valence-corrected chi connectivity index (χ2v) is 10.8. The largest absolute Gasteiger partial charge is 0.496 e. The Morgan fingerprint density at radius 3 is 2.57 bits per heavy atom. The molecule has 12 heteroatoms. The minimum atomic E-state index is -4.94. The topological polar surface area (TPSA) is 124 Å². The molecule has 4 N–H and O–H groups in total. The molecule has 0 amide bonds. The molecule has 2 heterocycles. The molecule has 3 aromatic rings. The highest BCUT2D eigenvalue weighted by Crippen LogP contribution is 2.45. The molecular weight excluding hydrogens is 560 g/mol. The fourth-order valence-corrected chi connectivity index (χ4v) is 4.64. The zero-order chi connectivity index (χ0) is 31.0. The van der Waals surface area contributed by atoms with Crippen LogP contribution in [0.15, 0.2) is 42.5 Å². The number of alkyl halides is 3. The van der Waals surface area contributed by atoms with Crippen LogP contribution in [0.4, 0.5) is 17.6 Å². The number of methoxy groups -OCH3 is 1. The molecule has 8 nitrogen and oxygen atoms in total. The zero-order valence-corrected chi connectivity index (χ0v) is 23.5. The maximum absolute atomic E-state index is 14.0. The Morgan fingerprint density at radius 2 is 1.93 bits per heavy atom. The number of halogens is 4. The smallest absolute Gasteiger partial charge is 0.419 e. The second-order valence-electron chi connectivity index (χ2n) is 10.8. The SMILES string of the molecule is COc1cc(C(=O)CCC(C)(O)c2cc3c(c(-c4ccc(F)c(C(F)(F)F)c4)n2)OCC3(C)N)ccc1CO[C@@H](C)O. The van der Waals surface area contributed by atoms with E-state index in [0.717, 1.165) is 6.07 Å². The molecule has 226 valence electrons. The number of nitrogens with zero attached hydrogens (tertiary/aromatic N) is 1. The zero-order valence-electron chi connectivity index (χ0n) is 23.5. The fraction of sp³-hybridized carbons (Fsp3) is 0.400. The van der Waals surface area contributed by atoms with Gasteiger partial charge < -0.3 is 30.2 Å². The van der Waals surface area contributed by atoms with Crippen molar-refractivity contribution in [3.05, 3.63) is 76.2 Å². The van der Waals surface area contributed by atoms with Crippen molar-refractivity contribution in [3.63, 3.8) is 0 Å². The Morgan fingerprint density at radius 1 is 1.21 bits per heavy atom. The van der Waals surface area contributed by atoms with Crippen molar-refractivity contribution >= 4 is 5.78 Å². The quantitative estimate of drug-likeness (QED) is 0.167. The molecule has 3 atom stereocenters. The molecule has 0 saturated carbocycles. The van der Waals surface area contributed by atoms with Crippen molar-refractivity contribution < 1.29 is 46.8 Å². The molecule has 0 bridgehead atoms. The van der Waals surface area contributed by atoms with Gasteiger partial charge >= 0.3 is 6.18 Å². The van der Waals surface area contributed by atoms with E-state index in [-0.39, 0.29) is 54.5 Å². The fourth-order valence-electron chi connectivity index (χ4n) is 4.64. The van der Waals surface area contributed by atoms with Gasteiger partial charge in [-0.1, -0.05) is 12.1 Å². The van der Waals surface area contributed by atoms with Crippen molar-refractivity contribution in [1.29, 1.82) is 0 Å². The summed E-state index contributed by atoms with van der Waals surface area (Å²) in [6.45, 7) is 4.65. The highest BCUT2D eigenvalue weighted by atomic mass is 19.4. The van der Waals surface area contributed by atoms with E-state index in [9.17, 15) is 32.6 Å². The summed E-state index contributed by atoms with van der Waals surface area (Å²) in [6, 6.07) is 8.75. The number of carbonyl (C=O) groups is 1. The van der Waals surface area contributed by atoms with Gasteiger partial charge in [-0.2, -0.15) is 13.2 Å². The summed E-state index contributed by atoms with van der Waals surface area (Å²) in [4.78, 5) is 17.5. The first-order valence-corrected chi connectivity index (χ1v) is 13.1. The first-order chi connectivity index (χ1) is 19.5. The number of hydrogen-bond acceptors (Lipinski definition) is 8. The highest BCUT2D eigenvalue weighted by Gasteiger charge is 2.39. The van der Waals surface area contributed by atoms with E-state index in [2.05, 4.69) is 4.98 Å². The Hall–Kier alpha value is -3.58. The molecular formula is C30H32F4N2O6. The van der Waals surface area contributed by atoms with Gasteiger partial charge in [0, 0.05) is 28.7 Å². The predicted molar refractivity (Wildman–Crippen MR) is 144 cm³/mol. The average molecular weight is 593 g/mol. The van der Waals surface area contributed by atoms with Crippen molar-refractivity contribution in [1.82, 2.24) is 4.98 Å². The molecule has 1 aliphatic rings. The third kappa shape index (κ3) is 6.57. The number of aliphatic hydroxyl groups is 2. The first-order valence-electron chi connectivity index (χ1n) is 13.1. The number of pyridine rings is 1. The van der Waals surface area contributed by atoms with Crippen LogP contribution in [-0.2, 0) is 28.7 Å². The summed E-state index contributed by atoms with van der Waals surface area (Å²) in [6.07, 6.45) is -6.13. The summed E-state index contributed by atoms with van der Waals surface area (Å²) in [5, 5.41) is 20.8. The van der Waals surface area contributed by atoms with Gasteiger partial charge in [0.05, 0.1) is 30.5 Å². The minimum Gasteiger partial charge on any atom is -0.496 e. The summed E-state index contributed by atoms with van der Waals surface area (Å²) < 4.78 is 70.6. The maximum atomic E-state index is 14.0. The molecule has 1 aromatic heterocycles. The van der Waals surface area contributed by atoms with E-state index >= 15 is 0 Å². The van der Waals surface area contributed by atoms with Gasteiger partial charge in [0.15, 0.2) is 17.8 Å².